The van der Waals surface area contributed by atoms with Gasteiger partial charge in [0.2, 0.25) is 0 Å². The summed E-state index contributed by atoms with van der Waals surface area (Å²) >= 11 is 3.56. The van der Waals surface area contributed by atoms with Crippen LogP contribution in [-0.2, 0) is 11.3 Å². The number of hydrogen-bond donors (Lipinski definition) is 0. The zero-order valence-electron chi connectivity index (χ0n) is 15.2. The van der Waals surface area contributed by atoms with Crippen molar-refractivity contribution in [2.45, 2.75) is 32.4 Å². The molecule has 0 saturated carbocycles. The topological polar surface area (TPSA) is 68.3 Å². The lowest BCUT2D eigenvalue weighted by Gasteiger charge is -2.36. The number of halogens is 1. The van der Waals surface area contributed by atoms with Crippen LogP contribution in [0.4, 0.5) is 4.79 Å². The maximum Gasteiger partial charge on any atom is 0.409 e. The second-order valence-corrected chi connectivity index (χ2v) is 7.10. The van der Waals surface area contributed by atoms with Gasteiger partial charge in [-0.2, -0.15) is 0 Å². The van der Waals surface area contributed by atoms with Gasteiger partial charge in [-0.15, -0.1) is 0 Å². The van der Waals surface area contributed by atoms with Crippen molar-refractivity contribution in [1.29, 1.82) is 0 Å². The number of nitrogens with zero attached hydrogens (tertiary/aromatic N) is 2. The number of amides is 2. The molecule has 7 nitrogen and oxygen atoms in total. The van der Waals surface area contributed by atoms with E-state index in [1.807, 2.05) is 4.90 Å². The van der Waals surface area contributed by atoms with Crippen molar-refractivity contribution >= 4 is 27.9 Å². The molecule has 0 N–H and O–H groups in total. The molecule has 1 fully saturated rings. The number of benzene rings is 1. The van der Waals surface area contributed by atoms with Crippen LogP contribution in [0.5, 0.6) is 11.5 Å². The van der Waals surface area contributed by atoms with Crippen LogP contribution in [0.15, 0.2) is 10.5 Å². The first-order chi connectivity index (χ1) is 12.5. The van der Waals surface area contributed by atoms with Crippen LogP contribution in [0.1, 0.15) is 35.7 Å². The van der Waals surface area contributed by atoms with Gasteiger partial charge in [-0.05, 0) is 41.8 Å². The van der Waals surface area contributed by atoms with Crippen LogP contribution in [0.2, 0.25) is 0 Å². The van der Waals surface area contributed by atoms with Crippen molar-refractivity contribution in [2.75, 3.05) is 33.9 Å². The SMILES string of the molecule is CCOC(=O)N1CCC(N2Cc3c(cc(OC)c(OC)c3Br)C2=O)CC1. The summed E-state index contributed by atoms with van der Waals surface area (Å²) in [5.41, 5.74) is 1.56. The van der Waals surface area contributed by atoms with Crippen LogP contribution in [0, 0.1) is 0 Å². The highest BCUT2D eigenvalue weighted by molar-refractivity contribution is 9.10. The molecule has 0 radical (unpaired) electrons. The molecule has 3 rings (SSSR count). The van der Waals surface area contributed by atoms with Crippen molar-refractivity contribution < 1.29 is 23.8 Å². The van der Waals surface area contributed by atoms with E-state index in [2.05, 4.69) is 15.9 Å². The number of carbonyl (C=O) groups excluding carboxylic acids is 2. The highest BCUT2D eigenvalue weighted by atomic mass is 79.9. The molecule has 1 saturated heterocycles. The van der Waals surface area contributed by atoms with Gasteiger partial charge >= 0.3 is 6.09 Å². The van der Waals surface area contributed by atoms with E-state index in [-0.39, 0.29) is 18.0 Å². The summed E-state index contributed by atoms with van der Waals surface area (Å²) in [5, 5.41) is 0. The summed E-state index contributed by atoms with van der Waals surface area (Å²) in [5.74, 6) is 1.12. The quantitative estimate of drug-likeness (QED) is 0.739. The Morgan fingerprint density at radius 1 is 1.27 bits per heavy atom. The lowest BCUT2D eigenvalue weighted by molar-refractivity contribution is 0.0558. The lowest BCUT2D eigenvalue weighted by Crippen LogP contribution is -2.47. The Hall–Kier alpha value is -1.96. The summed E-state index contributed by atoms with van der Waals surface area (Å²) in [6.07, 6.45) is 1.20. The molecule has 0 aliphatic carbocycles. The Morgan fingerprint density at radius 2 is 1.96 bits per heavy atom. The molecule has 0 unspecified atom stereocenters. The number of fused-ring (bicyclic) bond motifs is 1. The number of ether oxygens (including phenoxy) is 3. The van der Waals surface area contributed by atoms with Gasteiger partial charge in [-0.3, -0.25) is 4.79 Å². The first-order valence-corrected chi connectivity index (χ1v) is 9.47. The maximum atomic E-state index is 12.9. The monoisotopic (exact) mass is 426 g/mol. The minimum atomic E-state index is -0.279. The molecular weight excluding hydrogens is 404 g/mol. The van der Waals surface area contributed by atoms with Gasteiger partial charge in [0.1, 0.15) is 0 Å². The zero-order chi connectivity index (χ0) is 18.8. The maximum absolute atomic E-state index is 12.9. The lowest BCUT2D eigenvalue weighted by atomic mass is 10.0. The largest absolute Gasteiger partial charge is 0.493 e. The van der Waals surface area contributed by atoms with E-state index < -0.39 is 0 Å². The van der Waals surface area contributed by atoms with Crippen molar-refractivity contribution in [3.05, 3.63) is 21.7 Å². The first-order valence-electron chi connectivity index (χ1n) is 8.67. The fourth-order valence-corrected chi connectivity index (χ4v) is 4.30. The Bertz CT molecular complexity index is 716. The van der Waals surface area contributed by atoms with Crippen LogP contribution in [-0.4, -0.2) is 61.8 Å². The average Bonchev–Trinajstić information content (AvgIpc) is 2.99. The summed E-state index contributed by atoms with van der Waals surface area (Å²) in [6, 6.07) is 1.85. The van der Waals surface area contributed by atoms with Crippen molar-refractivity contribution in [2.24, 2.45) is 0 Å². The molecule has 0 aromatic heterocycles. The highest BCUT2D eigenvalue weighted by Crippen LogP contribution is 2.43. The smallest absolute Gasteiger partial charge is 0.409 e. The summed E-state index contributed by atoms with van der Waals surface area (Å²) in [6.45, 7) is 3.88. The van der Waals surface area contributed by atoms with Gasteiger partial charge in [0.15, 0.2) is 11.5 Å². The predicted octanol–water partition coefficient (Wildman–Crippen LogP) is 3.04. The third-order valence-corrected chi connectivity index (χ3v) is 5.80. The van der Waals surface area contributed by atoms with E-state index in [1.165, 1.54) is 0 Å². The van der Waals surface area contributed by atoms with Crippen molar-refractivity contribution in [3.8, 4) is 11.5 Å². The molecule has 26 heavy (non-hydrogen) atoms. The highest BCUT2D eigenvalue weighted by Gasteiger charge is 2.38. The van der Waals surface area contributed by atoms with E-state index >= 15 is 0 Å². The molecule has 2 heterocycles. The number of hydrogen-bond acceptors (Lipinski definition) is 5. The molecule has 142 valence electrons. The van der Waals surface area contributed by atoms with E-state index in [4.69, 9.17) is 14.2 Å². The van der Waals surface area contributed by atoms with E-state index in [0.717, 1.165) is 22.9 Å². The molecule has 0 bridgehead atoms. The fourth-order valence-electron chi connectivity index (χ4n) is 3.60. The summed E-state index contributed by atoms with van der Waals surface area (Å²) in [4.78, 5) is 28.4. The Kier molecular flexibility index (Phi) is 5.60. The Balaban J connectivity index is 1.75. The molecular formula is C18H23BrN2O5. The van der Waals surface area contributed by atoms with Crippen molar-refractivity contribution in [3.63, 3.8) is 0 Å². The van der Waals surface area contributed by atoms with Crippen LogP contribution < -0.4 is 9.47 Å². The third kappa shape index (κ3) is 3.22. The normalized spacial score (nSPS) is 17.3. The molecule has 2 aliphatic heterocycles. The van der Waals surface area contributed by atoms with Gasteiger partial charge in [0, 0.05) is 36.8 Å². The number of piperidine rings is 1. The predicted molar refractivity (Wildman–Crippen MR) is 98.7 cm³/mol. The Labute approximate surface area is 161 Å². The molecule has 1 aromatic rings. The van der Waals surface area contributed by atoms with Gasteiger partial charge in [0.25, 0.3) is 5.91 Å². The second-order valence-electron chi connectivity index (χ2n) is 6.30. The minimum absolute atomic E-state index is 0.00348. The van der Waals surface area contributed by atoms with E-state index in [0.29, 0.717) is 43.3 Å². The van der Waals surface area contributed by atoms with Crippen LogP contribution in [0.3, 0.4) is 0 Å². The van der Waals surface area contributed by atoms with Crippen LogP contribution in [0.25, 0.3) is 0 Å². The third-order valence-electron chi connectivity index (χ3n) is 4.96. The molecule has 2 aliphatic rings. The number of carbonyl (C=O) groups is 2. The van der Waals surface area contributed by atoms with Crippen molar-refractivity contribution in [1.82, 2.24) is 9.80 Å². The first kappa shape index (κ1) is 18.8. The molecule has 2 amide bonds. The summed E-state index contributed by atoms with van der Waals surface area (Å²) < 4.78 is 16.6. The molecule has 1 aromatic carbocycles. The van der Waals surface area contributed by atoms with Gasteiger partial charge in [0.05, 0.1) is 25.3 Å². The Morgan fingerprint density at radius 3 is 2.54 bits per heavy atom. The zero-order valence-corrected chi connectivity index (χ0v) is 16.8. The van der Waals surface area contributed by atoms with E-state index in [9.17, 15) is 9.59 Å². The number of likely N-dealkylation sites (tertiary alicyclic amines) is 1. The fraction of sp³-hybridized carbons (Fsp3) is 0.556. The standard InChI is InChI=1S/C18H23BrN2O5/c1-4-26-18(23)20-7-5-11(6-8-20)21-10-13-12(17(21)22)9-14(24-2)16(25-3)15(13)19/h9,11H,4-8,10H2,1-3H3. The molecule has 8 heteroatoms. The van der Waals surface area contributed by atoms with Crippen LogP contribution >= 0.6 is 15.9 Å². The number of rotatable bonds is 4. The molecule has 0 atom stereocenters. The van der Waals surface area contributed by atoms with Gasteiger partial charge < -0.3 is 24.0 Å². The van der Waals surface area contributed by atoms with E-state index in [1.54, 1.807) is 32.1 Å². The second kappa shape index (κ2) is 7.73. The minimum Gasteiger partial charge on any atom is -0.493 e. The van der Waals surface area contributed by atoms with Gasteiger partial charge in [-0.25, -0.2) is 4.79 Å². The van der Waals surface area contributed by atoms with Gasteiger partial charge in [-0.1, -0.05) is 0 Å². The summed E-state index contributed by atoms with van der Waals surface area (Å²) in [7, 11) is 3.13. The molecule has 0 spiro atoms. The average molecular weight is 427 g/mol. The number of methoxy groups -OCH3 is 2.